The molecule has 4 rings (SSSR count). The van der Waals surface area contributed by atoms with E-state index < -0.39 is 12.2 Å². The second-order valence-electron chi connectivity index (χ2n) is 4.68. The van der Waals surface area contributed by atoms with Crippen LogP contribution in [-0.2, 0) is 0 Å². The molecule has 0 aliphatic heterocycles. The first kappa shape index (κ1) is 11.8. The van der Waals surface area contributed by atoms with Gasteiger partial charge in [-0.25, -0.2) is 4.98 Å². The molecule has 3 aromatic rings. The highest BCUT2D eigenvalue weighted by molar-refractivity contribution is 7.13. The summed E-state index contributed by atoms with van der Waals surface area (Å²) < 4.78 is 5.68. The number of hydrogen-bond acceptors (Lipinski definition) is 5. The molecular formula is C15H11NO3S. The number of aliphatic hydroxyl groups excluding tert-OH is 2. The van der Waals surface area contributed by atoms with Crippen LogP contribution in [0.25, 0.3) is 10.8 Å². The van der Waals surface area contributed by atoms with Gasteiger partial charge in [0.15, 0.2) is 5.76 Å². The van der Waals surface area contributed by atoms with Gasteiger partial charge in [0, 0.05) is 0 Å². The molecule has 2 heterocycles. The van der Waals surface area contributed by atoms with Crippen LogP contribution in [0.2, 0.25) is 0 Å². The largest absolute Gasteiger partial charge is 0.437 e. The lowest BCUT2D eigenvalue weighted by Gasteiger charge is -2.23. The zero-order valence-electron chi connectivity index (χ0n) is 10.4. The van der Waals surface area contributed by atoms with E-state index in [0.717, 1.165) is 4.88 Å². The SMILES string of the molecule is OC1c2ccccc2C(O)c2oc(-c3cccs3)nc21. The van der Waals surface area contributed by atoms with Gasteiger partial charge in [-0.05, 0) is 22.6 Å². The highest BCUT2D eigenvalue weighted by Gasteiger charge is 2.35. The molecule has 1 aliphatic rings. The quantitative estimate of drug-likeness (QED) is 0.721. The van der Waals surface area contributed by atoms with Gasteiger partial charge in [-0.15, -0.1) is 11.3 Å². The van der Waals surface area contributed by atoms with Crippen LogP contribution in [-0.4, -0.2) is 15.2 Å². The van der Waals surface area contributed by atoms with Crippen molar-refractivity contribution >= 4 is 11.3 Å². The number of thiophene rings is 1. The Balaban J connectivity index is 1.89. The number of oxazole rings is 1. The van der Waals surface area contributed by atoms with Crippen molar-refractivity contribution in [1.82, 2.24) is 4.98 Å². The minimum Gasteiger partial charge on any atom is -0.437 e. The average Bonchev–Trinajstić information content (AvgIpc) is 3.13. The highest BCUT2D eigenvalue weighted by atomic mass is 32.1. The number of rotatable bonds is 1. The van der Waals surface area contributed by atoms with E-state index >= 15 is 0 Å². The number of benzene rings is 1. The van der Waals surface area contributed by atoms with E-state index in [9.17, 15) is 10.2 Å². The van der Waals surface area contributed by atoms with Gasteiger partial charge >= 0.3 is 0 Å². The molecular weight excluding hydrogens is 274 g/mol. The van der Waals surface area contributed by atoms with Crippen LogP contribution >= 0.6 is 11.3 Å². The summed E-state index contributed by atoms with van der Waals surface area (Å²) in [5.41, 5.74) is 1.75. The fourth-order valence-corrected chi connectivity index (χ4v) is 3.19. The molecule has 2 N–H and O–H groups in total. The van der Waals surface area contributed by atoms with Crippen LogP contribution in [0.5, 0.6) is 0 Å². The van der Waals surface area contributed by atoms with Crippen molar-refractivity contribution in [2.45, 2.75) is 12.2 Å². The molecule has 0 spiro atoms. The van der Waals surface area contributed by atoms with Gasteiger partial charge in [0.1, 0.15) is 17.9 Å². The molecule has 0 amide bonds. The smallest absolute Gasteiger partial charge is 0.236 e. The summed E-state index contributed by atoms with van der Waals surface area (Å²) in [6.07, 6.45) is -1.74. The standard InChI is InChI=1S/C15H11NO3S/c17-12-8-4-1-2-5-9(8)13(18)14-11(12)16-15(19-14)10-6-3-7-20-10/h1-7,12-13,17-18H. The lowest BCUT2D eigenvalue weighted by atomic mass is 9.88. The first-order chi connectivity index (χ1) is 9.75. The number of nitrogens with zero attached hydrogens (tertiary/aromatic N) is 1. The number of aliphatic hydroxyl groups is 2. The van der Waals surface area contributed by atoms with Crippen molar-refractivity contribution in [3.8, 4) is 10.8 Å². The zero-order valence-corrected chi connectivity index (χ0v) is 11.2. The molecule has 0 saturated carbocycles. The van der Waals surface area contributed by atoms with Crippen LogP contribution in [0.4, 0.5) is 0 Å². The summed E-state index contributed by atoms with van der Waals surface area (Å²) >= 11 is 1.51. The van der Waals surface area contributed by atoms with Crippen molar-refractivity contribution < 1.29 is 14.6 Å². The van der Waals surface area contributed by atoms with Crippen molar-refractivity contribution in [2.24, 2.45) is 0 Å². The van der Waals surface area contributed by atoms with E-state index in [-0.39, 0.29) is 0 Å². The molecule has 100 valence electrons. The Morgan fingerprint density at radius 2 is 1.75 bits per heavy atom. The van der Waals surface area contributed by atoms with Crippen LogP contribution in [0, 0.1) is 0 Å². The number of fused-ring (bicyclic) bond motifs is 2. The Morgan fingerprint density at radius 3 is 2.45 bits per heavy atom. The second-order valence-corrected chi connectivity index (χ2v) is 5.63. The van der Waals surface area contributed by atoms with Crippen LogP contribution in [0.3, 0.4) is 0 Å². The van der Waals surface area contributed by atoms with Gasteiger partial charge < -0.3 is 14.6 Å². The lowest BCUT2D eigenvalue weighted by Crippen LogP contribution is -2.16. The van der Waals surface area contributed by atoms with Gasteiger partial charge in [0.2, 0.25) is 5.89 Å². The van der Waals surface area contributed by atoms with Crippen molar-refractivity contribution in [1.29, 1.82) is 0 Å². The normalized spacial score (nSPS) is 20.5. The zero-order chi connectivity index (χ0) is 13.7. The molecule has 1 aliphatic carbocycles. The van der Waals surface area contributed by atoms with E-state index in [1.807, 2.05) is 29.6 Å². The molecule has 1 aromatic carbocycles. The van der Waals surface area contributed by atoms with Crippen molar-refractivity contribution in [3.63, 3.8) is 0 Å². The maximum atomic E-state index is 10.4. The second kappa shape index (κ2) is 4.28. The molecule has 20 heavy (non-hydrogen) atoms. The number of hydrogen-bond donors (Lipinski definition) is 2. The first-order valence-electron chi connectivity index (χ1n) is 6.25. The van der Waals surface area contributed by atoms with Gasteiger partial charge in [0.25, 0.3) is 0 Å². The van der Waals surface area contributed by atoms with Gasteiger partial charge in [-0.3, -0.25) is 0 Å². The Kier molecular flexibility index (Phi) is 2.53. The fourth-order valence-electron chi connectivity index (χ4n) is 2.54. The third-order valence-corrected chi connectivity index (χ3v) is 4.36. The summed E-state index contributed by atoms with van der Waals surface area (Å²) in [6, 6.07) is 11.1. The molecule has 2 aromatic heterocycles. The van der Waals surface area contributed by atoms with Gasteiger partial charge in [0.05, 0.1) is 4.88 Å². The van der Waals surface area contributed by atoms with Gasteiger partial charge in [-0.1, -0.05) is 30.3 Å². The van der Waals surface area contributed by atoms with Crippen LogP contribution in [0.15, 0.2) is 46.2 Å². The maximum absolute atomic E-state index is 10.4. The van der Waals surface area contributed by atoms with E-state index in [1.54, 1.807) is 12.1 Å². The molecule has 2 unspecified atom stereocenters. The Hall–Kier alpha value is -1.95. The summed E-state index contributed by atoms with van der Waals surface area (Å²) in [5, 5.41) is 22.7. The molecule has 0 bridgehead atoms. The minimum absolute atomic E-state index is 0.333. The first-order valence-corrected chi connectivity index (χ1v) is 7.13. The average molecular weight is 285 g/mol. The Bertz CT molecular complexity index is 717. The summed E-state index contributed by atoms with van der Waals surface area (Å²) in [6.45, 7) is 0. The summed E-state index contributed by atoms with van der Waals surface area (Å²) in [5.74, 6) is 0.774. The highest BCUT2D eigenvalue weighted by Crippen LogP contribution is 2.42. The van der Waals surface area contributed by atoms with Crippen LogP contribution in [0.1, 0.15) is 34.8 Å². The molecule has 0 fully saturated rings. The predicted molar refractivity (Wildman–Crippen MR) is 74.4 cm³/mol. The third kappa shape index (κ3) is 1.57. The topological polar surface area (TPSA) is 66.5 Å². The molecule has 5 heteroatoms. The van der Waals surface area contributed by atoms with E-state index in [4.69, 9.17) is 4.42 Å². The molecule has 2 atom stereocenters. The summed E-state index contributed by atoms with van der Waals surface area (Å²) in [4.78, 5) is 5.23. The lowest BCUT2D eigenvalue weighted by molar-refractivity contribution is 0.151. The van der Waals surface area contributed by atoms with Crippen molar-refractivity contribution in [3.05, 3.63) is 64.4 Å². The Labute approximate surface area is 119 Å². The minimum atomic E-state index is -0.884. The van der Waals surface area contributed by atoms with Crippen molar-refractivity contribution in [2.75, 3.05) is 0 Å². The monoisotopic (exact) mass is 285 g/mol. The van der Waals surface area contributed by atoms with Crippen LogP contribution < -0.4 is 0 Å². The Morgan fingerprint density at radius 1 is 1.00 bits per heavy atom. The number of aromatic nitrogens is 1. The van der Waals surface area contributed by atoms with Gasteiger partial charge in [-0.2, -0.15) is 0 Å². The molecule has 0 saturated heterocycles. The van der Waals surface area contributed by atoms with E-state index in [1.165, 1.54) is 11.3 Å². The van der Waals surface area contributed by atoms with E-state index in [2.05, 4.69) is 4.98 Å². The summed E-state index contributed by atoms with van der Waals surface area (Å²) in [7, 11) is 0. The predicted octanol–water partition coefficient (Wildman–Crippen LogP) is 2.88. The molecule has 4 nitrogen and oxygen atoms in total. The maximum Gasteiger partial charge on any atom is 0.236 e. The third-order valence-electron chi connectivity index (χ3n) is 3.51. The fraction of sp³-hybridized carbons (Fsp3) is 0.133. The van der Waals surface area contributed by atoms with E-state index in [0.29, 0.717) is 28.5 Å². The molecule has 0 radical (unpaired) electrons.